The molecule has 64 valence electrons. The third-order valence-electron chi connectivity index (χ3n) is 3.84. The number of fused-ring (bicyclic) bond motifs is 1. The Morgan fingerprint density at radius 2 is 2.18 bits per heavy atom. The van der Waals surface area contributed by atoms with Crippen LogP contribution in [0.1, 0.15) is 34.1 Å². The van der Waals surface area contributed by atoms with Gasteiger partial charge in [0.25, 0.3) is 0 Å². The number of rotatable bonds is 2. The van der Waals surface area contributed by atoms with Gasteiger partial charge in [-0.2, -0.15) is 0 Å². The van der Waals surface area contributed by atoms with Crippen LogP contribution in [0.25, 0.3) is 0 Å². The summed E-state index contributed by atoms with van der Waals surface area (Å²) in [5.41, 5.74) is 0.661. The van der Waals surface area contributed by atoms with Crippen LogP contribution < -0.4 is 0 Å². The van der Waals surface area contributed by atoms with E-state index < -0.39 is 0 Å². The maximum Gasteiger partial charge on any atom is 0.0397 e. The molecule has 1 heterocycles. The topological polar surface area (TPSA) is 3.01 Å². The molecular weight excluding hydrogens is 134 g/mol. The zero-order valence-corrected chi connectivity index (χ0v) is 8.09. The first-order valence-corrected chi connectivity index (χ1v) is 4.91. The van der Waals surface area contributed by atoms with E-state index in [1.165, 1.54) is 13.0 Å². The number of likely N-dealkylation sites (N-methyl/N-ethyl adjacent to an activating group) is 1. The van der Waals surface area contributed by atoms with Crippen molar-refractivity contribution in [2.75, 3.05) is 6.54 Å². The van der Waals surface area contributed by atoms with E-state index in [1.54, 1.807) is 0 Å². The average Bonchev–Trinajstić information content (AvgIpc) is 2.49. The number of nitrogens with zero attached hydrogens (tertiary/aromatic N) is 1. The van der Waals surface area contributed by atoms with Crippen molar-refractivity contribution in [3.05, 3.63) is 0 Å². The Morgan fingerprint density at radius 3 is 2.36 bits per heavy atom. The van der Waals surface area contributed by atoms with Crippen molar-refractivity contribution in [2.24, 2.45) is 11.8 Å². The zero-order valence-electron chi connectivity index (χ0n) is 8.09. The van der Waals surface area contributed by atoms with Gasteiger partial charge in [0.05, 0.1) is 0 Å². The zero-order chi connectivity index (χ0) is 8.22. The fourth-order valence-electron chi connectivity index (χ4n) is 3.34. The van der Waals surface area contributed by atoms with Crippen LogP contribution in [0.2, 0.25) is 0 Å². The quantitative estimate of drug-likeness (QED) is 0.549. The molecule has 4 unspecified atom stereocenters. The van der Waals surface area contributed by atoms with Crippen LogP contribution >= 0.6 is 0 Å². The van der Waals surface area contributed by atoms with Crippen molar-refractivity contribution in [1.29, 1.82) is 0 Å². The summed E-state index contributed by atoms with van der Waals surface area (Å²) in [5, 5.41) is 0. The van der Waals surface area contributed by atoms with Crippen molar-refractivity contribution < 1.29 is 0 Å². The number of hydrogen-bond acceptors (Lipinski definition) is 1. The lowest BCUT2D eigenvalue weighted by molar-refractivity contribution is 0.243. The van der Waals surface area contributed by atoms with E-state index in [2.05, 4.69) is 32.6 Å². The molecule has 0 amide bonds. The normalized spacial score (nSPS) is 53.7. The van der Waals surface area contributed by atoms with Gasteiger partial charge in [-0.05, 0) is 24.8 Å². The van der Waals surface area contributed by atoms with Gasteiger partial charge in [-0.3, -0.25) is 4.90 Å². The summed E-state index contributed by atoms with van der Waals surface area (Å²) in [7, 11) is 0. The molecule has 1 saturated heterocycles. The van der Waals surface area contributed by atoms with Crippen molar-refractivity contribution >= 4 is 0 Å². The first-order chi connectivity index (χ1) is 5.14. The molecule has 0 spiro atoms. The third kappa shape index (κ3) is 0.658. The molecule has 2 aliphatic rings. The summed E-state index contributed by atoms with van der Waals surface area (Å²) in [4.78, 5) is 2.68. The fraction of sp³-hybridized carbons (Fsp3) is 1.00. The van der Waals surface area contributed by atoms with Crippen molar-refractivity contribution in [3.8, 4) is 0 Å². The van der Waals surface area contributed by atoms with Gasteiger partial charge in [-0.1, -0.05) is 27.7 Å². The molecule has 4 atom stereocenters. The Balaban J connectivity index is 2.09. The molecule has 0 N–H and O–H groups in total. The van der Waals surface area contributed by atoms with Crippen molar-refractivity contribution in [3.63, 3.8) is 0 Å². The molecule has 1 aliphatic carbocycles. The Labute approximate surface area is 69.8 Å². The van der Waals surface area contributed by atoms with Gasteiger partial charge in [0, 0.05) is 11.6 Å². The lowest BCUT2D eigenvalue weighted by Crippen LogP contribution is -2.38. The van der Waals surface area contributed by atoms with Crippen molar-refractivity contribution in [1.82, 2.24) is 4.90 Å². The van der Waals surface area contributed by atoms with Gasteiger partial charge in [-0.15, -0.1) is 0 Å². The number of hydrogen-bond donors (Lipinski definition) is 0. The van der Waals surface area contributed by atoms with E-state index in [-0.39, 0.29) is 0 Å². The summed E-state index contributed by atoms with van der Waals surface area (Å²) in [5.74, 6) is 1.83. The summed E-state index contributed by atoms with van der Waals surface area (Å²) in [6.07, 6.45) is 1.45. The SMILES string of the molecule is CCN1C2C(C)CC21C(C)C. The molecule has 11 heavy (non-hydrogen) atoms. The molecule has 1 aliphatic heterocycles. The highest BCUT2D eigenvalue weighted by molar-refractivity contribution is 5.28. The maximum atomic E-state index is 2.68. The highest BCUT2D eigenvalue weighted by atomic mass is 15.4. The maximum absolute atomic E-state index is 2.68. The summed E-state index contributed by atoms with van der Waals surface area (Å²) < 4.78 is 0. The minimum Gasteiger partial charge on any atom is -0.291 e. The smallest absolute Gasteiger partial charge is 0.0397 e. The largest absolute Gasteiger partial charge is 0.291 e. The molecule has 0 radical (unpaired) electrons. The Morgan fingerprint density at radius 1 is 1.55 bits per heavy atom. The minimum atomic E-state index is 0.661. The second-order valence-electron chi connectivity index (χ2n) is 4.56. The molecule has 0 aromatic heterocycles. The lowest BCUT2D eigenvalue weighted by atomic mass is 9.70. The van der Waals surface area contributed by atoms with Gasteiger partial charge >= 0.3 is 0 Å². The minimum absolute atomic E-state index is 0.661. The van der Waals surface area contributed by atoms with E-state index in [9.17, 15) is 0 Å². The Hall–Kier alpha value is -0.0400. The summed E-state index contributed by atoms with van der Waals surface area (Å²) >= 11 is 0. The first kappa shape index (κ1) is 7.60. The van der Waals surface area contributed by atoms with Crippen LogP contribution in [0.15, 0.2) is 0 Å². The molecule has 0 bridgehead atoms. The predicted octanol–water partition coefficient (Wildman–Crippen LogP) is 2.13. The third-order valence-corrected chi connectivity index (χ3v) is 3.84. The standard InChI is InChI=1S/C10H19N/c1-5-11-9-8(4)6-10(9,11)7(2)3/h7-9H,5-6H2,1-4H3. The van der Waals surface area contributed by atoms with Crippen molar-refractivity contribution in [2.45, 2.75) is 45.7 Å². The molecule has 2 rings (SSSR count). The second kappa shape index (κ2) is 2.01. The first-order valence-electron chi connectivity index (χ1n) is 4.91. The van der Waals surface area contributed by atoms with Gasteiger partial charge in [0.1, 0.15) is 0 Å². The monoisotopic (exact) mass is 153 g/mol. The van der Waals surface area contributed by atoms with Crippen LogP contribution in [0.4, 0.5) is 0 Å². The second-order valence-corrected chi connectivity index (χ2v) is 4.56. The van der Waals surface area contributed by atoms with E-state index in [0.29, 0.717) is 5.54 Å². The van der Waals surface area contributed by atoms with Gasteiger partial charge in [-0.25, -0.2) is 0 Å². The van der Waals surface area contributed by atoms with Crippen LogP contribution in [-0.4, -0.2) is 23.0 Å². The van der Waals surface area contributed by atoms with E-state index >= 15 is 0 Å². The summed E-state index contributed by atoms with van der Waals surface area (Å²) in [6, 6.07) is 0.951. The molecule has 1 nitrogen and oxygen atoms in total. The molecule has 1 heteroatoms. The molecule has 0 aromatic rings. The van der Waals surface area contributed by atoms with Crippen LogP contribution in [0, 0.1) is 11.8 Å². The van der Waals surface area contributed by atoms with Gasteiger partial charge < -0.3 is 0 Å². The van der Waals surface area contributed by atoms with Crippen LogP contribution in [0.5, 0.6) is 0 Å². The van der Waals surface area contributed by atoms with Gasteiger partial charge in [0.2, 0.25) is 0 Å². The van der Waals surface area contributed by atoms with Crippen LogP contribution in [-0.2, 0) is 0 Å². The van der Waals surface area contributed by atoms with Gasteiger partial charge in [0.15, 0.2) is 0 Å². The van der Waals surface area contributed by atoms with Crippen LogP contribution in [0.3, 0.4) is 0 Å². The highest BCUT2D eigenvalue weighted by Gasteiger charge is 2.72. The highest BCUT2D eigenvalue weighted by Crippen LogP contribution is 2.63. The summed E-state index contributed by atoms with van der Waals surface area (Å²) in [6.45, 7) is 10.7. The fourth-order valence-corrected chi connectivity index (χ4v) is 3.34. The van der Waals surface area contributed by atoms with E-state index in [0.717, 1.165) is 17.9 Å². The molecule has 1 saturated carbocycles. The predicted molar refractivity (Wildman–Crippen MR) is 47.5 cm³/mol. The van der Waals surface area contributed by atoms with E-state index in [1.807, 2.05) is 0 Å². The molecule has 2 fully saturated rings. The average molecular weight is 153 g/mol. The molecule has 0 aromatic carbocycles. The number of likely N-dealkylation sites (tertiary alicyclic amines) is 1. The Kier molecular flexibility index (Phi) is 1.39. The Bertz CT molecular complexity index is 170. The molecular formula is C10H19N. The van der Waals surface area contributed by atoms with E-state index in [4.69, 9.17) is 0 Å². The lowest BCUT2D eigenvalue weighted by Gasteiger charge is -2.32.